The predicted octanol–water partition coefficient (Wildman–Crippen LogP) is 5.69. The lowest BCUT2D eigenvalue weighted by atomic mass is 9.81. The van der Waals surface area contributed by atoms with E-state index in [0.29, 0.717) is 25.9 Å². The molecule has 0 unspecified atom stereocenters. The van der Waals surface area contributed by atoms with Crippen molar-refractivity contribution < 1.29 is 26.2 Å². The van der Waals surface area contributed by atoms with Crippen LogP contribution in [0, 0.1) is 11.8 Å². The molecule has 1 aliphatic heterocycles. The molecule has 0 saturated carbocycles. The zero-order valence-corrected chi connectivity index (χ0v) is 27.2. The SMILES string of the molecule is C[C@H](CO[Si](C)(C)C(C)(C)C)[C@H]([C@@H]1CCC(=O)N1)[C@@H](CCCOS(C)(=O)=O)O[Si](C)(C)C(C)(C)C. The third kappa shape index (κ3) is 10.2. The molecule has 1 heterocycles. The molecule has 7 nitrogen and oxygen atoms in total. The van der Waals surface area contributed by atoms with Gasteiger partial charge in [0.15, 0.2) is 16.6 Å². The lowest BCUT2D eigenvalue weighted by Gasteiger charge is -2.45. The van der Waals surface area contributed by atoms with E-state index in [1.807, 2.05) is 0 Å². The van der Waals surface area contributed by atoms with Gasteiger partial charge in [-0.2, -0.15) is 8.42 Å². The molecule has 1 aliphatic rings. The van der Waals surface area contributed by atoms with E-state index in [2.05, 4.69) is 80.0 Å². The van der Waals surface area contributed by atoms with Crippen LogP contribution in [-0.2, 0) is 27.9 Å². The highest BCUT2D eigenvalue weighted by atomic mass is 32.2. The molecule has 0 aromatic heterocycles. The molecule has 0 aliphatic carbocycles. The highest BCUT2D eigenvalue weighted by molar-refractivity contribution is 7.85. The number of hydrogen-bond acceptors (Lipinski definition) is 6. The van der Waals surface area contributed by atoms with E-state index < -0.39 is 26.8 Å². The van der Waals surface area contributed by atoms with Gasteiger partial charge in [-0.3, -0.25) is 8.98 Å². The average molecular weight is 552 g/mol. The van der Waals surface area contributed by atoms with E-state index in [1.165, 1.54) is 0 Å². The summed E-state index contributed by atoms with van der Waals surface area (Å²) < 4.78 is 41.6. The maximum Gasteiger partial charge on any atom is 0.264 e. The minimum Gasteiger partial charge on any atom is -0.417 e. The molecule has 0 aromatic carbocycles. The van der Waals surface area contributed by atoms with Gasteiger partial charge < -0.3 is 14.2 Å². The van der Waals surface area contributed by atoms with Crippen molar-refractivity contribution >= 4 is 32.7 Å². The van der Waals surface area contributed by atoms with E-state index in [4.69, 9.17) is 13.0 Å². The second-order valence-electron chi connectivity index (χ2n) is 13.4. The molecule has 1 rings (SSSR count). The largest absolute Gasteiger partial charge is 0.417 e. The van der Waals surface area contributed by atoms with Crippen molar-refractivity contribution in [3.8, 4) is 0 Å². The molecule has 0 spiro atoms. The molecular formula is C25H53NO6SSi2. The predicted molar refractivity (Wildman–Crippen MR) is 149 cm³/mol. The van der Waals surface area contributed by atoms with Gasteiger partial charge in [0.25, 0.3) is 10.1 Å². The maximum absolute atomic E-state index is 12.2. The fourth-order valence-corrected chi connectivity index (χ4v) is 6.91. The van der Waals surface area contributed by atoms with Gasteiger partial charge in [-0.25, -0.2) is 0 Å². The van der Waals surface area contributed by atoms with E-state index in [-0.39, 0.29) is 46.6 Å². The summed E-state index contributed by atoms with van der Waals surface area (Å²) in [6.45, 7) is 25.4. The number of rotatable bonds is 13. The Hall–Kier alpha value is -0.266. The van der Waals surface area contributed by atoms with Crippen LogP contribution in [0.5, 0.6) is 0 Å². The average Bonchev–Trinajstić information content (AvgIpc) is 3.06. The van der Waals surface area contributed by atoms with Crippen LogP contribution >= 0.6 is 0 Å². The number of carbonyl (C=O) groups is 1. The van der Waals surface area contributed by atoms with E-state index in [0.717, 1.165) is 12.7 Å². The normalized spacial score (nSPS) is 21.0. The topological polar surface area (TPSA) is 90.9 Å². The van der Waals surface area contributed by atoms with Gasteiger partial charge in [0.2, 0.25) is 5.91 Å². The minimum absolute atomic E-state index is 0.0195. The quantitative estimate of drug-likeness (QED) is 0.180. The van der Waals surface area contributed by atoms with E-state index in [1.54, 1.807) is 0 Å². The van der Waals surface area contributed by atoms with Crippen LogP contribution in [-0.4, -0.2) is 62.6 Å². The van der Waals surface area contributed by atoms with Crippen LogP contribution in [0.25, 0.3) is 0 Å². The zero-order valence-electron chi connectivity index (χ0n) is 24.4. The second-order valence-corrected chi connectivity index (χ2v) is 24.6. The molecule has 0 radical (unpaired) electrons. The van der Waals surface area contributed by atoms with Crippen LogP contribution in [0.15, 0.2) is 0 Å². The summed E-state index contributed by atoms with van der Waals surface area (Å²) in [4.78, 5) is 12.2. The maximum atomic E-state index is 12.2. The van der Waals surface area contributed by atoms with Crippen LogP contribution in [0.1, 0.15) is 74.1 Å². The van der Waals surface area contributed by atoms with Crippen molar-refractivity contribution in [1.29, 1.82) is 0 Å². The Bertz CT molecular complexity index is 802. The van der Waals surface area contributed by atoms with Crippen molar-refractivity contribution in [1.82, 2.24) is 5.32 Å². The first-order valence-electron chi connectivity index (χ1n) is 13.0. The summed E-state index contributed by atoms with van der Waals surface area (Å²) in [5, 5.41) is 3.35. The zero-order chi connectivity index (χ0) is 27.5. The highest BCUT2D eigenvalue weighted by Gasteiger charge is 2.45. The van der Waals surface area contributed by atoms with E-state index in [9.17, 15) is 13.2 Å². The number of hydrogen-bond donors (Lipinski definition) is 1. The number of amides is 1. The monoisotopic (exact) mass is 551 g/mol. The van der Waals surface area contributed by atoms with Gasteiger partial charge in [-0.05, 0) is 61.4 Å². The van der Waals surface area contributed by atoms with Gasteiger partial charge in [0.05, 0.1) is 19.0 Å². The van der Waals surface area contributed by atoms with Crippen LogP contribution in [0.3, 0.4) is 0 Å². The molecule has 10 heteroatoms. The number of carbonyl (C=O) groups excluding carboxylic acids is 1. The van der Waals surface area contributed by atoms with E-state index >= 15 is 0 Å². The molecule has 4 atom stereocenters. The van der Waals surface area contributed by atoms with Crippen molar-refractivity contribution in [2.24, 2.45) is 11.8 Å². The Labute approximate surface area is 217 Å². The first kappa shape index (κ1) is 32.8. The molecule has 35 heavy (non-hydrogen) atoms. The van der Waals surface area contributed by atoms with Crippen LogP contribution < -0.4 is 5.32 Å². The lowest BCUT2D eigenvalue weighted by molar-refractivity contribution is -0.119. The standard InChI is InChI=1S/C25H53NO6SSi2/c1-19(18-31-34(9,10)24(2,3)4)23(20-15-16-22(27)26-20)21(14-13-17-30-33(8,28)29)32-35(11,12)25(5,6)7/h19-21,23H,13-18H2,1-12H3,(H,26,27)/t19-,20+,21-,23-/m1/s1. The van der Waals surface area contributed by atoms with Crippen molar-refractivity contribution in [3.05, 3.63) is 0 Å². The van der Waals surface area contributed by atoms with Crippen molar-refractivity contribution in [3.63, 3.8) is 0 Å². The molecule has 1 N–H and O–H groups in total. The first-order valence-corrected chi connectivity index (χ1v) is 20.7. The number of nitrogens with one attached hydrogen (secondary N) is 1. The summed E-state index contributed by atoms with van der Waals surface area (Å²) >= 11 is 0. The Kier molecular flexibility index (Phi) is 11.3. The van der Waals surface area contributed by atoms with Gasteiger partial charge >= 0.3 is 0 Å². The van der Waals surface area contributed by atoms with Gasteiger partial charge in [-0.1, -0.05) is 48.5 Å². The molecular weight excluding hydrogens is 499 g/mol. The van der Waals surface area contributed by atoms with Crippen molar-refractivity contribution in [2.75, 3.05) is 19.5 Å². The Morgan fingerprint density at radius 1 is 1.03 bits per heavy atom. The Balaban J connectivity index is 3.23. The van der Waals surface area contributed by atoms with Crippen LogP contribution in [0.2, 0.25) is 36.3 Å². The summed E-state index contributed by atoms with van der Waals surface area (Å²) in [5.74, 6) is 0.320. The van der Waals surface area contributed by atoms with Gasteiger partial charge in [-0.15, -0.1) is 0 Å². The molecule has 0 bridgehead atoms. The lowest BCUT2D eigenvalue weighted by Crippen LogP contribution is -2.52. The summed E-state index contributed by atoms with van der Waals surface area (Å²) in [6, 6.07) is 0.0195. The summed E-state index contributed by atoms with van der Waals surface area (Å²) in [5.41, 5.74) is 0. The molecule has 0 aromatic rings. The fraction of sp³-hybridized carbons (Fsp3) is 0.960. The highest BCUT2D eigenvalue weighted by Crippen LogP contribution is 2.42. The smallest absolute Gasteiger partial charge is 0.264 e. The Morgan fingerprint density at radius 3 is 2.00 bits per heavy atom. The summed E-state index contributed by atoms with van der Waals surface area (Å²) in [7, 11) is -7.55. The van der Waals surface area contributed by atoms with Crippen LogP contribution in [0.4, 0.5) is 0 Å². The molecule has 1 amide bonds. The third-order valence-electron chi connectivity index (χ3n) is 8.28. The first-order chi connectivity index (χ1) is 15.6. The Morgan fingerprint density at radius 2 is 1.57 bits per heavy atom. The minimum atomic E-state index is -3.48. The third-order valence-corrected chi connectivity index (χ3v) is 17.9. The summed E-state index contributed by atoms with van der Waals surface area (Å²) in [6.07, 6.45) is 3.50. The van der Waals surface area contributed by atoms with Gasteiger partial charge in [0.1, 0.15) is 0 Å². The molecule has 208 valence electrons. The second kappa shape index (κ2) is 12.1. The fourth-order valence-electron chi connectivity index (χ4n) is 4.00. The van der Waals surface area contributed by atoms with Crippen molar-refractivity contribution in [2.45, 2.75) is 123 Å². The van der Waals surface area contributed by atoms with Gasteiger partial charge in [0, 0.05) is 25.0 Å². The molecule has 1 saturated heterocycles. The molecule has 1 fully saturated rings.